The molecule has 1 aromatic rings. The summed E-state index contributed by atoms with van der Waals surface area (Å²) in [6.07, 6.45) is 5.56. The number of nitrogens with one attached hydrogen (secondary N) is 2. The third-order valence-electron chi connectivity index (χ3n) is 6.87. The third-order valence-corrected chi connectivity index (χ3v) is 6.87. The molecule has 1 unspecified atom stereocenters. The van der Waals surface area contributed by atoms with Crippen LogP contribution in [0, 0.1) is 5.82 Å². The van der Waals surface area contributed by atoms with Gasteiger partial charge in [0.1, 0.15) is 5.82 Å². The Bertz CT molecular complexity index is 1030. The van der Waals surface area contributed by atoms with Crippen LogP contribution in [-0.4, -0.2) is 78.9 Å². The van der Waals surface area contributed by atoms with E-state index < -0.39 is 6.10 Å². The lowest BCUT2D eigenvalue weighted by Crippen LogP contribution is -2.44. The summed E-state index contributed by atoms with van der Waals surface area (Å²) in [6, 6.07) is 4.53. The zero-order chi connectivity index (χ0) is 22.9. The van der Waals surface area contributed by atoms with Crippen molar-refractivity contribution in [3.05, 3.63) is 58.7 Å². The minimum absolute atomic E-state index is 0.176. The molecule has 0 bridgehead atoms. The van der Waals surface area contributed by atoms with Gasteiger partial charge in [0.15, 0.2) is 0 Å². The minimum atomic E-state index is -0.426. The van der Waals surface area contributed by atoms with Gasteiger partial charge in [-0.25, -0.2) is 4.39 Å². The molecule has 0 radical (unpaired) electrons. The molecule has 0 aromatic heterocycles. The molecule has 5 rings (SSSR count). The molecule has 2 atom stereocenters. The highest BCUT2D eigenvalue weighted by Crippen LogP contribution is 2.36. The van der Waals surface area contributed by atoms with E-state index in [1.54, 1.807) is 6.07 Å². The maximum atomic E-state index is 13.8. The van der Waals surface area contributed by atoms with Gasteiger partial charge >= 0.3 is 0 Å². The zero-order valence-electron chi connectivity index (χ0n) is 18.9. The van der Waals surface area contributed by atoms with Gasteiger partial charge in [-0.2, -0.15) is 0 Å². The average Bonchev–Trinajstić information content (AvgIpc) is 3.15. The topological polar surface area (TPSA) is 77.1 Å². The van der Waals surface area contributed by atoms with E-state index >= 15 is 0 Å². The number of nitrogens with zero attached hydrogens (tertiary/aromatic N) is 2. The van der Waals surface area contributed by atoms with Crippen LogP contribution >= 0.6 is 0 Å². The van der Waals surface area contributed by atoms with Crippen LogP contribution in [0.25, 0.3) is 5.57 Å². The summed E-state index contributed by atoms with van der Waals surface area (Å²) in [5.41, 5.74) is 4.87. The SMILES string of the molecule is CC1=C(/C=C2\C(=O)Nc3ccc(F)cc32)NC2CCCN(C[C@H](O)CN3CCOCC3)C=C12. The number of carbonyl (C=O) groups excluding carboxylic acids is 1. The van der Waals surface area contributed by atoms with Gasteiger partial charge in [-0.1, -0.05) is 0 Å². The van der Waals surface area contributed by atoms with Crippen LogP contribution in [0.4, 0.5) is 10.1 Å². The number of benzene rings is 1. The number of hydrogen-bond donors (Lipinski definition) is 3. The van der Waals surface area contributed by atoms with Crippen LogP contribution in [-0.2, 0) is 9.53 Å². The van der Waals surface area contributed by atoms with Crippen molar-refractivity contribution in [3.8, 4) is 0 Å². The maximum Gasteiger partial charge on any atom is 0.256 e. The molecule has 176 valence electrons. The van der Waals surface area contributed by atoms with Crippen molar-refractivity contribution in [2.24, 2.45) is 0 Å². The summed E-state index contributed by atoms with van der Waals surface area (Å²) in [7, 11) is 0. The molecule has 7 nitrogen and oxygen atoms in total. The number of carbonyl (C=O) groups is 1. The molecule has 4 heterocycles. The average molecular weight is 455 g/mol. The van der Waals surface area contributed by atoms with Crippen molar-refractivity contribution in [3.63, 3.8) is 0 Å². The molecule has 33 heavy (non-hydrogen) atoms. The monoisotopic (exact) mass is 454 g/mol. The Labute approximate surface area is 193 Å². The van der Waals surface area contributed by atoms with Gasteiger partial charge in [-0.05, 0) is 55.2 Å². The number of fused-ring (bicyclic) bond motifs is 2. The largest absolute Gasteiger partial charge is 0.390 e. The molecular weight excluding hydrogens is 423 g/mol. The predicted octanol–water partition coefficient (Wildman–Crippen LogP) is 2.08. The van der Waals surface area contributed by atoms with E-state index in [1.165, 1.54) is 17.7 Å². The molecule has 3 N–H and O–H groups in total. The van der Waals surface area contributed by atoms with Gasteiger partial charge in [0.25, 0.3) is 5.91 Å². The number of anilines is 1. The lowest BCUT2D eigenvalue weighted by Gasteiger charge is -2.30. The molecule has 0 spiro atoms. The van der Waals surface area contributed by atoms with Crippen molar-refractivity contribution in [2.75, 3.05) is 51.3 Å². The highest BCUT2D eigenvalue weighted by molar-refractivity contribution is 6.31. The maximum absolute atomic E-state index is 13.8. The summed E-state index contributed by atoms with van der Waals surface area (Å²) in [6.45, 7) is 7.39. The molecule has 8 heteroatoms. The van der Waals surface area contributed by atoms with Crippen LogP contribution < -0.4 is 10.6 Å². The summed E-state index contributed by atoms with van der Waals surface area (Å²) in [4.78, 5) is 17.0. The van der Waals surface area contributed by atoms with E-state index in [2.05, 4.69) is 33.6 Å². The first-order valence-corrected chi connectivity index (χ1v) is 11.7. The van der Waals surface area contributed by atoms with Crippen LogP contribution in [0.1, 0.15) is 25.3 Å². The minimum Gasteiger partial charge on any atom is -0.390 e. The Morgan fingerprint density at radius 2 is 2.09 bits per heavy atom. The van der Waals surface area contributed by atoms with Crippen LogP contribution in [0.5, 0.6) is 0 Å². The van der Waals surface area contributed by atoms with Gasteiger partial charge in [0.05, 0.1) is 30.9 Å². The quantitative estimate of drug-likeness (QED) is 0.592. The number of β-amino-alcohol motifs (C(OH)–C–C–N with tert-alkyl or cyclic N) is 1. The van der Waals surface area contributed by atoms with E-state index in [-0.39, 0.29) is 17.8 Å². The summed E-state index contributed by atoms with van der Waals surface area (Å²) in [5.74, 6) is -0.577. The fourth-order valence-corrected chi connectivity index (χ4v) is 5.12. The Kier molecular flexibility index (Phi) is 6.23. The molecule has 1 amide bonds. The fraction of sp³-hybridized carbons (Fsp3) is 0.480. The number of hydrogen-bond acceptors (Lipinski definition) is 6. The Balaban J connectivity index is 1.34. The van der Waals surface area contributed by atoms with E-state index in [1.807, 2.05) is 6.08 Å². The first-order chi connectivity index (χ1) is 16.0. The van der Waals surface area contributed by atoms with Gasteiger partial charge < -0.3 is 25.4 Å². The van der Waals surface area contributed by atoms with Gasteiger partial charge in [-0.15, -0.1) is 0 Å². The molecule has 4 aliphatic heterocycles. The first-order valence-electron chi connectivity index (χ1n) is 11.7. The third kappa shape index (κ3) is 4.69. The van der Waals surface area contributed by atoms with E-state index in [0.29, 0.717) is 29.9 Å². The Morgan fingerprint density at radius 3 is 2.91 bits per heavy atom. The molecule has 4 aliphatic rings. The van der Waals surface area contributed by atoms with Crippen molar-refractivity contribution < 1.29 is 19.0 Å². The molecule has 1 fully saturated rings. The Morgan fingerprint density at radius 1 is 1.27 bits per heavy atom. The van der Waals surface area contributed by atoms with Gasteiger partial charge in [0, 0.05) is 55.9 Å². The lowest BCUT2D eigenvalue weighted by molar-refractivity contribution is -0.110. The second-order valence-electron chi connectivity index (χ2n) is 9.23. The number of morpholine rings is 1. The second kappa shape index (κ2) is 9.29. The smallest absolute Gasteiger partial charge is 0.256 e. The normalized spacial score (nSPS) is 25.4. The second-order valence-corrected chi connectivity index (χ2v) is 9.23. The molecular formula is C25H31FN4O3. The lowest BCUT2D eigenvalue weighted by atomic mass is 10.0. The van der Waals surface area contributed by atoms with Crippen LogP contribution in [0.2, 0.25) is 0 Å². The zero-order valence-corrected chi connectivity index (χ0v) is 18.9. The van der Waals surface area contributed by atoms with Crippen molar-refractivity contribution in [1.82, 2.24) is 15.1 Å². The van der Waals surface area contributed by atoms with Crippen molar-refractivity contribution >= 4 is 17.2 Å². The van der Waals surface area contributed by atoms with Crippen LogP contribution in [0.3, 0.4) is 0 Å². The highest BCUT2D eigenvalue weighted by Gasteiger charge is 2.31. The van der Waals surface area contributed by atoms with Gasteiger partial charge in [0.2, 0.25) is 0 Å². The number of amides is 1. The van der Waals surface area contributed by atoms with Crippen molar-refractivity contribution in [1.29, 1.82) is 0 Å². The number of aliphatic hydroxyl groups is 1. The van der Waals surface area contributed by atoms with Crippen molar-refractivity contribution in [2.45, 2.75) is 31.9 Å². The molecule has 0 saturated carbocycles. The predicted molar refractivity (Wildman–Crippen MR) is 125 cm³/mol. The number of aliphatic hydroxyl groups excluding tert-OH is 1. The Hall–Kier alpha value is -2.68. The summed E-state index contributed by atoms with van der Waals surface area (Å²) >= 11 is 0. The number of allylic oxidation sites excluding steroid dienone is 1. The standard InChI is InChI=1S/C25H31FN4O3/c1-16-21-15-30(14-18(31)13-29-7-9-33-10-8-29)6-2-3-22(21)27-24(16)12-20-19-11-17(26)4-5-23(19)28-25(20)32/h4-5,11-12,15,18,22,27,31H,2-3,6-10,13-14H2,1H3,(H,28,32)/b20-12-/t18-,22?/m1/s1. The highest BCUT2D eigenvalue weighted by atomic mass is 19.1. The summed E-state index contributed by atoms with van der Waals surface area (Å²) < 4.78 is 19.2. The fourth-order valence-electron chi connectivity index (χ4n) is 5.12. The van der Waals surface area contributed by atoms with E-state index in [0.717, 1.165) is 57.0 Å². The molecule has 1 saturated heterocycles. The van der Waals surface area contributed by atoms with Gasteiger partial charge in [-0.3, -0.25) is 9.69 Å². The van der Waals surface area contributed by atoms with E-state index in [9.17, 15) is 14.3 Å². The van der Waals surface area contributed by atoms with E-state index in [4.69, 9.17) is 4.74 Å². The molecule has 1 aromatic carbocycles. The molecule has 0 aliphatic carbocycles. The number of ether oxygens (including phenoxy) is 1. The summed E-state index contributed by atoms with van der Waals surface area (Å²) in [5, 5.41) is 17.0. The number of rotatable bonds is 5. The van der Waals surface area contributed by atoms with Crippen LogP contribution in [0.15, 0.2) is 47.3 Å². The number of halogens is 1. The first kappa shape index (κ1) is 22.1.